The van der Waals surface area contributed by atoms with E-state index < -0.39 is 0 Å². The molecule has 1 saturated heterocycles. The Balaban J connectivity index is 1.50. The lowest BCUT2D eigenvalue weighted by molar-refractivity contribution is 0.209. The second kappa shape index (κ2) is 6.08. The Morgan fingerprint density at radius 1 is 1.35 bits per heavy atom. The van der Waals surface area contributed by atoms with Crippen LogP contribution < -0.4 is 4.74 Å². The average Bonchev–Trinajstić information content (AvgIpc) is 3.29. The lowest BCUT2D eigenvalue weighted by atomic mass is 10.2. The van der Waals surface area contributed by atoms with Gasteiger partial charge in [0.25, 0.3) is 0 Å². The largest absolute Gasteiger partial charge is 0.497 e. The molecule has 0 radical (unpaired) electrons. The molecule has 0 N–H and O–H groups in total. The van der Waals surface area contributed by atoms with Crippen LogP contribution in [0.3, 0.4) is 0 Å². The van der Waals surface area contributed by atoms with Crippen molar-refractivity contribution in [3.8, 4) is 5.75 Å². The molecule has 0 unspecified atom stereocenters. The molecule has 4 rings (SSSR count). The minimum atomic E-state index is 0.548. The van der Waals surface area contributed by atoms with E-state index in [1.165, 1.54) is 12.8 Å². The van der Waals surface area contributed by atoms with Gasteiger partial charge in [0, 0.05) is 30.4 Å². The van der Waals surface area contributed by atoms with Crippen LogP contribution in [0.2, 0.25) is 0 Å². The number of aromatic nitrogens is 2. The fourth-order valence-electron chi connectivity index (χ4n) is 3.43. The van der Waals surface area contributed by atoms with E-state index in [1.807, 2.05) is 36.9 Å². The maximum absolute atomic E-state index is 6.00. The molecule has 0 spiro atoms. The Hall–Kier alpha value is -2.27. The van der Waals surface area contributed by atoms with Crippen molar-refractivity contribution in [1.29, 1.82) is 0 Å². The topological polar surface area (TPSA) is 43.4 Å². The van der Waals surface area contributed by atoms with E-state index in [0.29, 0.717) is 6.04 Å². The first kappa shape index (κ1) is 14.3. The number of imidazole rings is 1. The normalized spacial score (nSPS) is 18.7. The zero-order valence-electron chi connectivity index (χ0n) is 13.3. The quantitative estimate of drug-likeness (QED) is 0.725. The van der Waals surface area contributed by atoms with Crippen LogP contribution in [0.5, 0.6) is 5.75 Å². The highest BCUT2D eigenvalue weighted by molar-refractivity contribution is 5.79. The van der Waals surface area contributed by atoms with Gasteiger partial charge in [-0.15, -0.1) is 0 Å². The first-order chi connectivity index (χ1) is 11.3. The van der Waals surface area contributed by atoms with E-state index >= 15 is 0 Å². The van der Waals surface area contributed by atoms with Gasteiger partial charge in [0.05, 0.1) is 20.0 Å². The van der Waals surface area contributed by atoms with Gasteiger partial charge in [0.2, 0.25) is 0 Å². The molecule has 1 aromatic carbocycles. The maximum Gasteiger partial charge on any atom is 0.134 e. The molecule has 1 aliphatic heterocycles. The molecule has 3 aromatic rings. The van der Waals surface area contributed by atoms with Gasteiger partial charge >= 0.3 is 0 Å². The van der Waals surface area contributed by atoms with Gasteiger partial charge < -0.3 is 13.7 Å². The first-order valence-corrected chi connectivity index (χ1v) is 8.08. The number of ether oxygens (including phenoxy) is 1. The lowest BCUT2D eigenvalue weighted by Crippen LogP contribution is -2.32. The molecule has 5 heteroatoms. The molecule has 1 aliphatic rings. The predicted octanol–water partition coefficient (Wildman–Crippen LogP) is 3.30. The van der Waals surface area contributed by atoms with Crippen LogP contribution in [-0.4, -0.2) is 34.1 Å². The smallest absolute Gasteiger partial charge is 0.134 e. The van der Waals surface area contributed by atoms with Crippen LogP contribution in [0.25, 0.3) is 11.0 Å². The number of rotatable bonds is 5. The fraction of sp³-hybridized carbons (Fsp3) is 0.389. The van der Waals surface area contributed by atoms with Gasteiger partial charge in [0.15, 0.2) is 0 Å². The number of benzene rings is 1. The Morgan fingerprint density at radius 2 is 2.30 bits per heavy atom. The van der Waals surface area contributed by atoms with Crippen LogP contribution in [0, 0.1) is 0 Å². The molecule has 2 aromatic heterocycles. The van der Waals surface area contributed by atoms with Gasteiger partial charge in [-0.1, -0.05) is 0 Å². The Kier molecular flexibility index (Phi) is 3.79. The van der Waals surface area contributed by atoms with Crippen molar-refractivity contribution in [2.45, 2.75) is 32.0 Å². The summed E-state index contributed by atoms with van der Waals surface area (Å²) in [6.07, 6.45) is 8.24. The second-order valence-electron chi connectivity index (χ2n) is 6.14. The van der Waals surface area contributed by atoms with Gasteiger partial charge in [-0.05, 0) is 43.7 Å². The zero-order chi connectivity index (χ0) is 15.6. The molecular formula is C18H21N3O2. The monoisotopic (exact) mass is 311 g/mol. The Morgan fingerprint density at radius 3 is 3.13 bits per heavy atom. The summed E-state index contributed by atoms with van der Waals surface area (Å²) in [7, 11) is 1.69. The minimum absolute atomic E-state index is 0.548. The van der Waals surface area contributed by atoms with Crippen LogP contribution in [0.1, 0.15) is 18.6 Å². The molecule has 5 nitrogen and oxygen atoms in total. The second-order valence-corrected chi connectivity index (χ2v) is 6.14. The first-order valence-electron chi connectivity index (χ1n) is 8.08. The summed E-state index contributed by atoms with van der Waals surface area (Å²) in [4.78, 5) is 6.64. The number of methoxy groups -OCH3 is 1. The lowest BCUT2D eigenvalue weighted by Gasteiger charge is -2.23. The summed E-state index contributed by atoms with van der Waals surface area (Å²) in [5, 5.41) is 1.10. The molecule has 120 valence electrons. The number of likely N-dealkylation sites (tertiary alicyclic amines) is 1. The summed E-state index contributed by atoms with van der Waals surface area (Å²) < 4.78 is 13.4. The third-order valence-electron chi connectivity index (χ3n) is 4.61. The Bertz CT molecular complexity index is 779. The van der Waals surface area contributed by atoms with Gasteiger partial charge in [0.1, 0.15) is 17.1 Å². The third kappa shape index (κ3) is 2.97. The van der Waals surface area contributed by atoms with Gasteiger partial charge in [-0.3, -0.25) is 4.90 Å². The summed E-state index contributed by atoms with van der Waals surface area (Å²) >= 11 is 0. The molecule has 0 amide bonds. The SMILES string of the molecule is COc1ccc2oc(CN3CCC[C@H]3Cn3ccnc3)cc2c1. The van der Waals surface area contributed by atoms with Crippen LogP contribution in [0.4, 0.5) is 0 Å². The van der Waals surface area contributed by atoms with Crippen molar-refractivity contribution < 1.29 is 9.15 Å². The van der Waals surface area contributed by atoms with Gasteiger partial charge in [-0.25, -0.2) is 4.98 Å². The molecule has 23 heavy (non-hydrogen) atoms. The molecule has 1 atom stereocenters. The molecule has 0 bridgehead atoms. The molecule has 0 aliphatic carbocycles. The highest BCUT2D eigenvalue weighted by atomic mass is 16.5. The van der Waals surface area contributed by atoms with E-state index in [0.717, 1.165) is 42.1 Å². The van der Waals surface area contributed by atoms with E-state index in [1.54, 1.807) is 7.11 Å². The number of nitrogens with zero attached hydrogens (tertiary/aromatic N) is 3. The van der Waals surface area contributed by atoms with Crippen molar-refractivity contribution in [2.24, 2.45) is 0 Å². The van der Waals surface area contributed by atoms with E-state index in [4.69, 9.17) is 9.15 Å². The van der Waals surface area contributed by atoms with Crippen molar-refractivity contribution in [1.82, 2.24) is 14.5 Å². The highest BCUT2D eigenvalue weighted by Crippen LogP contribution is 2.27. The van der Waals surface area contributed by atoms with Crippen molar-refractivity contribution in [3.63, 3.8) is 0 Å². The summed E-state index contributed by atoms with van der Waals surface area (Å²) in [6, 6.07) is 8.62. The number of fused-ring (bicyclic) bond motifs is 1. The van der Waals surface area contributed by atoms with E-state index in [9.17, 15) is 0 Å². The number of furan rings is 1. The highest BCUT2D eigenvalue weighted by Gasteiger charge is 2.25. The van der Waals surface area contributed by atoms with E-state index in [2.05, 4.69) is 20.5 Å². The van der Waals surface area contributed by atoms with Crippen LogP contribution in [-0.2, 0) is 13.1 Å². The third-order valence-corrected chi connectivity index (χ3v) is 4.61. The van der Waals surface area contributed by atoms with Crippen molar-refractivity contribution in [3.05, 3.63) is 48.7 Å². The summed E-state index contributed by atoms with van der Waals surface area (Å²) in [5.41, 5.74) is 0.922. The maximum atomic E-state index is 6.00. The predicted molar refractivity (Wildman–Crippen MR) is 88.4 cm³/mol. The number of hydrogen-bond donors (Lipinski definition) is 0. The van der Waals surface area contributed by atoms with E-state index in [-0.39, 0.29) is 0 Å². The van der Waals surface area contributed by atoms with Crippen molar-refractivity contribution >= 4 is 11.0 Å². The Labute approximate surface area is 135 Å². The summed E-state index contributed by atoms with van der Waals surface area (Å²) in [6.45, 7) is 2.98. The minimum Gasteiger partial charge on any atom is -0.497 e. The standard InChI is InChI=1S/C18H21N3O2/c1-22-16-4-5-18-14(9-16)10-17(23-18)12-21-7-2-3-15(21)11-20-8-6-19-13-20/h4-6,8-10,13,15H,2-3,7,11-12H2,1H3/t15-/m0/s1. The summed E-state index contributed by atoms with van der Waals surface area (Å²) in [5.74, 6) is 1.88. The molecule has 3 heterocycles. The zero-order valence-corrected chi connectivity index (χ0v) is 13.3. The van der Waals surface area contributed by atoms with Crippen LogP contribution >= 0.6 is 0 Å². The molecule has 0 saturated carbocycles. The average molecular weight is 311 g/mol. The van der Waals surface area contributed by atoms with Crippen molar-refractivity contribution in [2.75, 3.05) is 13.7 Å². The fourth-order valence-corrected chi connectivity index (χ4v) is 3.43. The number of hydrogen-bond acceptors (Lipinski definition) is 4. The molecule has 1 fully saturated rings. The van der Waals surface area contributed by atoms with Crippen LogP contribution in [0.15, 0.2) is 47.4 Å². The van der Waals surface area contributed by atoms with Gasteiger partial charge in [-0.2, -0.15) is 0 Å². The molecular weight excluding hydrogens is 290 g/mol.